The summed E-state index contributed by atoms with van der Waals surface area (Å²) in [6.07, 6.45) is 0. The molecule has 0 heterocycles. The van der Waals surface area contributed by atoms with E-state index in [2.05, 4.69) is 10.1 Å². The van der Waals surface area contributed by atoms with E-state index in [1.54, 1.807) is 37.4 Å². The number of ether oxygens (including phenoxy) is 2. The predicted molar refractivity (Wildman–Crippen MR) is 91.4 cm³/mol. The number of phenolic OH excluding ortho intramolecular Hbond substituents is 1. The quantitative estimate of drug-likeness (QED) is 0.788. The van der Waals surface area contributed by atoms with Crippen LogP contribution < -0.4 is 14.8 Å². The standard InChI is InChI=1S/C18H20F2N2O4/c1-22(11-12-7-8-16(25-2)14(23)9-12)18(24)21-10-13-5-3-4-6-15(13)26-17(19)20/h3-9,17,23H,10-11H2,1-2H3,(H,21,24). The average molecular weight is 366 g/mol. The van der Waals surface area contributed by atoms with Gasteiger partial charge in [-0.1, -0.05) is 24.3 Å². The number of urea groups is 1. The van der Waals surface area contributed by atoms with Crippen molar-refractivity contribution in [2.24, 2.45) is 0 Å². The molecule has 0 aromatic heterocycles. The highest BCUT2D eigenvalue weighted by Gasteiger charge is 2.13. The van der Waals surface area contributed by atoms with Crippen LogP contribution in [0.5, 0.6) is 17.2 Å². The van der Waals surface area contributed by atoms with E-state index in [9.17, 15) is 18.7 Å². The molecular weight excluding hydrogens is 346 g/mol. The molecule has 0 saturated carbocycles. The molecule has 2 rings (SSSR count). The van der Waals surface area contributed by atoms with Gasteiger partial charge in [-0.3, -0.25) is 0 Å². The Labute approximate surface area is 150 Å². The number of carbonyl (C=O) groups excluding carboxylic acids is 1. The minimum atomic E-state index is -2.93. The van der Waals surface area contributed by atoms with E-state index in [0.29, 0.717) is 16.9 Å². The van der Waals surface area contributed by atoms with Crippen LogP contribution in [0.2, 0.25) is 0 Å². The summed E-state index contributed by atoms with van der Waals surface area (Å²) in [5.41, 5.74) is 1.15. The highest BCUT2D eigenvalue weighted by Crippen LogP contribution is 2.26. The lowest BCUT2D eigenvalue weighted by Gasteiger charge is -2.19. The van der Waals surface area contributed by atoms with Gasteiger partial charge in [-0.2, -0.15) is 8.78 Å². The number of amides is 2. The summed E-state index contributed by atoms with van der Waals surface area (Å²) in [6.45, 7) is -2.64. The number of phenols is 1. The zero-order valence-electron chi connectivity index (χ0n) is 14.4. The molecule has 0 spiro atoms. The number of nitrogens with zero attached hydrogens (tertiary/aromatic N) is 1. The third kappa shape index (κ3) is 5.23. The second kappa shape index (κ2) is 8.89. The van der Waals surface area contributed by atoms with Crippen molar-refractivity contribution in [3.63, 3.8) is 0 Å². The highest BCUT2D eigenvalue weighted by atomic mass is 19.3. The van der Waals surface area contributed by atoms with Gasteiger partial charge in [0.15, 0.2) is 11.5 Å². The summed E-state index contributed by atoms with van der Waals surface area (Å²) in [6, 6.07) is 10.7. The van der Waals surface area contributed by atoms with Gasteiger partial charge in [0.25, 0.3) is 0 Å². The van der Waals surface area contributed by atoms with E-state index in [1.165, 1.54) is 24.1 Å². The van der Waals surface area contributed by atoms with E-state index in [1.807, 2.05) is 0 Å². The number of halogens is 2. The maximum atomic E-state index is 12.4. The van der Waals surface area contributed by atoms with Gasteiger partial charge in [0.2, 0.25) is 0 Å². The Morgan fingerprint density at radius 2 is 1.96 bits per heavy atom. The molecule has 0 aliphatic rings. The minimum absolute atomic E-state index is 0.0168. The number of benzene rings is 2. The van der Waals surface area contributed by atoms with Crippen molar-refractivity contribution in [2.45, 2.75) is 19.7 Å². The molecule has 140 valence electrons. The van der Waals surface area contributed by atoms with Crippen LogP contribution in [0.1, 0.15) is 11.1 Å². The van der Waals surface area contributed by atoms with Gasteiger partial charge in [0.1, 0.15) is 5.75 Å². The molecule has 0 aliphatic heterocycles. The first-order valence-corrected chi connectivity index (χ1v) is 7.78. The first kappa shape index (κ1) is 19.3. The van der Waals surface area contributed by atoms with Crippen molar-refractivity contribution in [3.8, 4) is 17.2 Å². The second-order valence-electron chi connectivity index (χ2n) is 5.51. The minimum Gasteiger partial charge on any atom is -0.504 e. The molecule has 2 aromatic rings. The Morgan fingerprint density at radius 1 is 1.23 bits per heavy atom. The largest absolute Gasteiger partial charge is 0.504 e. The van der Waals surface area contributed by atoms with Gasteiger partial charge >= 0.3 is 12.6 Å². The summed E-state index contributed by atoms with van der Waals surface area (Å²) >= 11 is 0. The van der Waals surface area contributed by atoms with Gasteiger partial charge in [-0.05, 0) is 23.8 Å². The van der Waals surface area contributed by atoms with Crippen molar-refractivity contribution < 1.29 is 28.2 Å². The highest BCUT2D eigenvalue weighted by molar-refractivity contribution is 5.74. The molecular formula is C18H20F2N2O4. The van der Waals surface area contributed by atoms with Gasteiger partial charge in [0.05, 0.1) is 7.11 Å². The second-order valence-corrected chi connectivity index (χ2v) is 5.51. The molecule has 2 N–H and O–H groups in total. The number of hydrogen-bond acceptors (Lipinski definition) is 4. The number of rotatable bonds is 7. The van der Waals surface area contributed by atoms with Crippen LogP contribution in [-0.4, -0.2) is 36.8 Å². The number of alkyl halides is 2. The predicted octanol–water partition coefficient (Wildman–Crippen LogP) is 3.34. The molecule has 8 heteroatoms. The van der Waals surface area contributed by atoms with Gasteiger partial charge in [0, 0.05) is 25.7 Å². The van der Waals surface area contributed by atoms with Crippen molar-refractivity contribution >= 4 is 6.03 Å². The zero-order chi connectivity index (χ0) is 19.1. The average Bonchev–Trinajstić information content (AvgIpc) is 2.60. The van der Waals surface area contributed by atoms with Crippen LogP contribution in [0.25, 0.3) is 0 Å². The van der Waals surface area contributed by atoms with Crippen molar-refractivity contribution in [2.75, 3.05) is 14.2 Å². The van der Waals surface area contributed by atoms with Crippen LogP contribution in [0.15, 0.2) is 42.5 Å². The zero-order valence-corrected chi connectivity index (χ0v) is 14.4. The topological polar surface area (TPSA) is 71.0 Å². The lowest BCUT2D eigenvalue weighted by molar-refractivity contribution is -0.0504. The van der Waals surface area contributed by atoms with Crippen LogP contribution in [0, 0.1) is 0 Å². The summed E-state index contributed by atoms with van der Waals surface area (Å²) in [5, 5.41) is 12.4. The van der Waals surface area contributed by atoms with E-state index in [4.69, 9.17) is 4.74 Å². The summed E-state index contributed by atoms with van der Waals surface area (Å²) in [7, 11) is 3.03. The van der Waals surface area contributed by atoms with Crippen LogP contribution in [0.4, 0.5) is 13.6 Å². The number of hydrogen-bond donors (Lipinski definition) is 2. The van der Waals surface area contributed by atoms with E-state index >= 15 is 0 Å². The molecule has 26 heavy (non-hydrogen) atoms. The molecule has 0 atom stereocenters. The fourth-order valence-electron chi connectivity index (χ4n) is 2.35. The first-order chi connectivity index (χ1) is 12.4. The van der Waals surface area contributed by atoms with Gasteiger partial charge in [-0.15, -0.1) is 0 Å². The molecule has 2 aromatic carbocycles. The van der Waals surface area contributed by atoms with Gasteiger partial charge in [-0.25, -0.2) is 4.79 Å². The lowest BCUT2D eigenvalue weighted by atomic mass is 10.2. The van der Waals surface area contributed by atoms with E-state index < -0.39 is 12.6 Å². The summed E-state index contributed by atoms with van der Waals surface area (Å²) in [4.78, 5) is 13.6. The van der Waals surface area contributed by atoms with Crippen molar-refractivity contribution in [1.29, 1.82) is 0 Å². The number of aromatic hydroxyl groups is 1. The number of para-hydroxylation sites is 1. The Kier molecular flexibility index (Phi) is 6.60. The van der Waals surface area contributed by atoms with E-state index in [-0.39, 0.29) is 24.6 Å². The Balaban J connectivity index is 1.94. The Hall–Kier alpha value is -3.03. The molecule has 0 radical (unpaired) electrons. The van der Waals surface area contributed by atoms with Gasteiger partial charge < -0.3 is 24.8 Å². The molecule has 6 nitrogen and oxygen atoms in total. The fourth-order valence-corrected chi connectivity index (χ4v) is 2.35. The molecule has 0 bridgehead atoms. The van der Waals surface area contributed by atoms with Crippen LogP contribution in [0.3, 0.4) is 0 Å². The molecule has 0 saturated heterocycles. The lowest BCUT2D eigenvalue weighted by Crippen LogP contribution is -2.36. The molecule has 0 unspecified atom stereocenters. The Morgan fingerprint density at radius 3 is 2.62 bits per heavy atom. The van der Waals surface area contributed by atoms with Crippen LogP contribution in [-0.2, 0) is 13.1 Å². The number of methoxy groups -OCH3 is 1. The third-order valence-electron chi connectivity index (χ3n) is 3.63. The van der Waals surface area contributed by atoms with E-state index in [0.717, 1.165) is 0 Å². The third-order valence-corrected chi connectivity index (χ3v) is 3.63. The maximum absolute atomic E-state index is 12.4. The summed E-state index contributed by atoms with van der Waals surface area (Å²) < 4.78 is 34.2. The smallest absolute Gasteiger partial charge is 0.387 e. The number of nitrogens with one attached hydrogen (secondary N) is 1. The van der Waals surface area contributed by atoms with Crippen molar-refractivity contribution in [3.05, 3.63) is 53.6 Å². The maximum Gasteiger partial charge on any atom is 0.387 e. The first-order valence-electron chi connectivity index (χ1n) is 7.78. The molecule has 0 fully saturated rings. The Bertz CT molecular complexity index is 756. The van der Waals surface area contributed by atoms with Crippen molar-refractivity contribution in [1.82, 2.24) is 10.2 Å². The fraction of sp³-hybridized carbons (Fsp3) is 0.278. The number of carbonyl (C=O) groups is 1. The normalized spacial score (nSPS) is 10.5. The molecule has 0 aliphatic carbocycles. The van der Waals surface area contributed by atoms with Crippen LogP contribution >= 0.6 is 0 Å². The monoisotopic (exact) mass is 366 g/mol. The SMILES string of the molecule is COc1ccc(CN(C)C(=O)NCc2ccccc2OC(F)F)cc1O. The molecule has 2 amide bonds. The summed E-state index contributed by atoms with van der Waals surface area (Å²) in [5.74, 6) is 0.346.